The summed E-state index contributed by atoms with van der Waals surface area (Å²) in [5.74, 6) is 3.07. The highest BCUT2D eigenvalue weighted by atomic mass is 15.3. The van der Waals surface area contributed by atoms with Gasteiger partial charge in [0.1, 0.15) is 17.5 Å². The fraction of sp³-hybridized carbons (Fsp3) is 0.542. The van der Waals surface area contributed by atoms with Crippen molar-refractivity contribution in [3.8, 4) is 11.8 Å². The number of fused-ring (bicyclic) bond motifs is 1. The molecule has 4 rings (SSSR count). The fourth-order valence-corrected chi connectivity index (χ4v) is 5.03. The number of aliphatic imine (C=N–C) groups is 1. The number of hydrogen-bond donors (Lipinski definition) is 2. The number of rotatable bonds is 5. The number of anilines is 1. The van der Waals surface area contributed by atoms with E-state index in [0.29, 0.717) is 17.8 Å². The molecular weight excluding hydrogens is 386 g/mol. The van der Waals surface area contributed by atoms with Crippen molar-refractivity contribution < 1.29 is 0 Å². The zero-order valence-electron chi connectivity index (χ0n) is 18.6. The molecule has 3 N–H and O–H groups in total. The van der Waals surface area contributed by atoms with Crippen LogP contribution in [0.1, 0.15) is 48.9 Å². The van der Waals surface area contributed by atoms with Gasteiger partial charge in [0, 0.05) is 26.7 Å². The smallest absolute Gasteiger partial charge is 0.193 e. The highest BCUT2D eigenvalue weighted by molar-refractivity contribution is 5.80. The summed E-state index contributed by atoms with van der Waals surface area (Å²) in [6.07, 6.45) is 7.03. The summed E-state index contributed by atoms with van der Waals surface area (Å²) in [7, 11) is 1.86. The van der Waals surface area contributed by atoms with E-state index in [-0.39, 0.29) is 0 Å². The second kappa shape index (κ2) is 9.42. The zero-order valence-corrected chi connectivity index (χ0v) is 18.6. The molecule has 2 unspecified atom stereocenters. The van der Waals surface area contributed by atoms with E-state index in [9.17, 15) is 5.26 Å². The number of hydrogen-bond acceptors (Lipinski definition) is 4. The maximum Gasteiger partial charge on any atom is 0.193 e. The van der Waals surface area contributed by atoms with Crippen LogP contribution in [0.3, 0.4) is 0 Å². The van der Waals surface area contributed by atoms with Gasteiger partial charge in [0.15, 0.2) is 5.96 Å². The molecule has 0 amide bonds. The standard InChI is InChI=1S/C24H33N7/c1-17-9-11-20(12-10-17)31-23(26)21(14-25)22(29-31)8-5-13-28-24(27-2)30-15-18-6-3-4-7-19(18)16-30/h9-12,18-19H,3-8,13,15-16,26H2,1-2H3,(H,27,28). The van der Waals surface area contributed by atoms with Crippen LogP contribution in [0, 0.1) is 30.1 Å². The van der Waals surface area contributed by atoms with Crippen LogP contribution in [0.15, 0.2) is 29.3 Å². The monoisotopic (exact) mass is 419 g/mol. The number of aryl methyl sites for hydroxylation is 2. The molecular formula is C24H33N7. The summed E-state index contributed by atoms with van der Waals surface area (Å²) >= 11 is 0. The number of guanidine groups is 1. The molecule has 1 saturated carbocycles. The Labute approximate surface area is 184 Å². The Morgan fingerprint density at radius 1 is 1.23 bits per heavy atom. The second-order valence-corrected chi connectivity index (χ2v) is 8.85. The van der Waals surface area contributed by atoms with Crippen LogP contribution < -0.4 is 11.1 Å². The van der Waals surface area contributed by atoms with E-state index in [1.54, 1.807) is 4.68 Å². The van der Waals surface area contributed by atoms with Crippen molar-refractivity contribution in [3.05, 3.63) is 41.1 Å². The quantitative estimate of drug-likeness (QED) is 0.441. The number of nitrogens with two attached hydrogens (primary N) is 1. The summed E-state index contributed by atoms with van der Waals surface area (Å²) in [6, 6.07) is 10.2. The molecule has 7 nitrogen and oxygen atoms in total. The highest BCUT2D eigenvalue weighted by Crippen LogP contribution is 2.35. The summed E-state index contributed by atoms with van der Waals surface area (Å²) in [5, 5.41) is 17.8. The largest absolute Gasteiger partial charge is 0.382 e. The number of likely N-dealkylation sites (tertiary alicyclic amines) is 1. The molecule has 2 atom stereocenters. The first-order valence-electron chi connectivity index (χ1n) is 11.4. The number of nitrogen functional groups attached to an aromatic ring is 1. The van der Waals surface area contributed by atoms with E-state index >= 15 is 0 Å². The minimum absolute atomic E-state index is 0.407. The first-order valence-corrected chi connectivity index (χ1v) is 11.4. The van der Waals surface area contributed by atoms with Crippen LogP contribution in [0.2, 0.25) is 0 Å². The van der Waals surface area contributed by atoms with Crippen molar-refractivity contribution in [3.63, 3.8) is 0 Å². The third-order valence-electron chi connectivity index (χ3n) is 6.75. The van der Waals surface area contributed by atoms with Crippen LogP contribution in [-0.4, -0.2) is 47.3 Å². The zero-order chi connectivity index (χ0) is 21.8. The number of benzene rings is 1. The average molecular weight is 420 g/mol. The Morgan fingerprint density at radius 3 is 2.52 bits per heavy atom. The van der Waals surface area contributed by atoms with Crippen molar-refractivity contribution >= 4 is 11.8 Å². The van der Waals surface area contributed by atoms with Gasteiger partial charge in [0.2, 0.25) is 0 Å². The lowest BCUT2D eigenvalue weighted by Crippen LogP contribution is -2.40. The number of nitriles is 1. The molecule has 1 aliphatic carbocycles. The van der Waals surface area contributed by atoms with Gasteiger partial charge in [-0.1, -0.05) is 30.5 Å². The summed E-state index contributed by atoms with van der Waals surface area (Å²) in [5.41, 5.74) is 9.52. The van der Waals surface area contributed by atoms with Crippen LogP contribution >= 0.6 is 0 Å². The fourth-order valence-electron chi connectivity index (χ4n) is 5.03. The molecule has 1 aromatic carbocycles. The topological polar surface area (TPSA) is 95.3 Å². The van der Waals surface area contributed by atoms with E-state index in [0.717, 1.165) is 55.2 Å². The van der Waals surface area contributed by atoms with Crippen LogP contribution in [0.25, 0.3) is 5.69 Å². The van der Waals surface area contributed by atoms with Crippen molar-refractivity contribution in [2.24, 2.45) is 16.8 Å². The van der Waals surface area contributed by atoms with Gasteiger partial charge in [-0.05, 0) is 56.6 Å². The third kappa shape index (κ3) is 4.53. The highest BCUT2D eigenvalue weighted by Gasteiger charge is 2.35. The summed E-state index contributed by atoms with van der Waals surface area (Å²) < 4.78 is 1.67. The molecule has 164 valence electrons. The summed E-state index contributed by atoms with van der Waals surface area (Å²) in [4.78, 5) is 6.93. The molecule has 1 aliphatic heterocycles. The van der Waals surface area contributed by atoms with Gasteiger partial charge in [-0.25, -0.2) is 4.68 Å². The average Bonchev–Trinajstić information content (AvgIpc) is 3.35. The van der Waals surface area contributed by atoms with Gasteiger partial charge in [-0.15, -0.1) is 0 Å². The van der Waals surface area contributed by atoms with E-state index in [1.807, 2.05) is 38.2 Å². The lowest BCUT2D eigenvalue weighted by molar-refractivity contribution is 0.299. The van der Waals surface area contributed by atoms with Gasteiger partial charge in [-0.2, -0.15) is 10.4 Å². The first kappa shape index (κ1) is 21.2. The van der Waals surface area contributed by atoms with E-state index in [4.69, 9.17) is 5.73 Å². The van der Waals surface area contributed by atoms with Crippen LogP contribution in [0.4, 0.5) is 5.82 Å². The van der Waals surface area contributed by atoms with Crippen molar-refractivity contribution in [2.45, 2.75) is 45.4 Å². The van der Waals surface area contributed by atoms with Gasteiger partial charge < -0.3 is 16.0 Å². The SMILES string of the molecule is CN=C(NCCCc1nn(-c2ccc(C)cc2)c(N)c1C#N)N1CC2CCCCC2C1. The molecule has 0 bridgehead atoms. The van der Waals surface area contributed by atoms with Gasteiger partial charge in [0.25, 0.3) is 0 Å². The predicted molar refractivity (Wildman–Crippen MR) is 124 cm³/mol. The lowest BCUT2D eigenvalue weighted by atomic mass is 9.82. The van der Waals surface area contributed by atoms with Gasteiger partial charge in [0.05, 0.1) is 11.4 Å². The Kier molecular flexibility index (Phi) is 6.45. The minimum Gasteiger partial charge on any atom is -0.382 e. The molecule has 2 fully saturated rings. The summed E-state index contributed by atoms with van der Waals surface area (Å²) in [6.45, 7) is 5.08. The molecule has 7 heteroatoms. The predicted octanol–water partition coefficient (Wildman–Crippen LogP) is 3.26. The molecule has 2 aromatic rings. The Morgan fingerprint density at radius 2 is 1.90 bits per heavy atom. The maximum atomic E-state index is 9.61. The molecule has 1 saturated heterocycles. The van der Waals surface area contributed by atoms with Gasteiger partial charge >= 0.3 is 0 Å². The Hall–Kier alpha value is -3.01. The van der Waals surface area contributed by atoms with Crippen LogP contribution in [0.5, 0.6) is 0 Å². The molecule has 31 heavy (non-hydrogen) atoms. The molecule has 0 radical (unpaired) electrons. The van der Waals surface area contributed by atoms with E-state index in [1.165, 1.54) is 31.2 Å². The number of nitrogens with one attached hydrogen (secondary N) is 1. The Balaban J connectivity index is 1.34. The van der Waals surface area contributed by atoms with Crippen molar-refractivity contribution in [2.75, 3.05) is 32.4 Å². The van der Waals surface area contributed by atoms with E-state index < -0.39 is 0 Å². The third-order valence-corrected chi connectivity index (χ3v) is 6.75. The molecule has 2 heterocycles. The lowest BCUT2D eigenvalue weighted by Gasteiger charge is -2.22. The Bertz CT molecular complexity index is 953. The van der Waals surface area contributed by atoms with E-state index in [2.05, 4.69) is 26.4 Å². The molecule has 2 aliphatic rings. The van der Waals surface area contributed by atoms with Crippen molar-refractivity contribution in [1.82, 2.24) is 20.0 Å². The maximum absolute atomic E-state index is 9.61. The number of aromatic nitrogens is 2. The minimum atomic E-state index is 0.407. The van der Waals surface area contributed by atoms with Gasteiger partial charge in [-0.3, -0.25) is 4.99 Å². The van der Waals surface area contributed by atoms with Crippen molar-refractivity contribution in [1.29, 1.82) is 5.26 Å². The first-order chi connectivity index (χ1) is 15.1. The van der Waals surface area contributed by atoms with Crippen LogP contribution in [-0.2, 0) is 6.42 Å². The molecule has 0 spiro atoms. The second-order valence-electron chi connectivity index (χ2n) is 8.85. The normalized spacial score (nSPS) is 21.1. The number of nitrogens with zero attached hydrogens (tertiary/aromatic N) is 5. The molecule has 1 aromatic heterocycles.